The summed E-state index contributed by atoms with van der Waals surface area (Å²) >= 11 is 3.57. The molecule has 0 aromatic heterocycles. The highest BCUT2D eigenvalue weighted by molar-refractivity contribution is 7.99. The predicted molar refractivity (Wildman–Crippen MR) is 61.4 cm³/mol. The van der Waals surface area contributed by atoms with Crippen molar-refractivity contribution >= 4 is 23.5 Å². The molecule has 0 saturated heterocycles. The smallest absolute Gasteiger partial charge is 0.00802 e. The molecule has 0 heterocycles. The third-order valence-corrected chi connectivity index (χ3v) is 2.73. The Balaban J connectivity index is 0.000000561. The third-order valence-electron chi connectivity index (χ3n) is 1.28. The van der Waals surface area contributed by atoms with Crippen molar-refractivity contribution in [2.45, 2.75) is 23.6 Å². The number of thioether (sulfide) groups is 2. The first-order valence-electron chi connectivity index (χ1n) is 4.05. The molecule has 12 heavy (non-hydrogen) atoms. The topological polar surface area (TPSA) is 0 Å². The average Bonchev–Trinajstić information content (AvgIpc) is 2.21. The lowest BCUT2D eigenvalue weighted by Crippen LogP contribution is -1.70. The minimum Gasteiger partial charge on any atom is -0.130 e. The summed E-state index contributed by atoms with van der Waals surface area (Å²) in [7, 11) is 0. The molecule has 0 amide bonds. The number of hydrogen-bond acceptors (Lipinski definition) is 2. The van der Waals surface area contributed by atoms with E-state index in [2.05, 4.69) is 36.8 Å². The Bertz CT molecular complexity index is 189. The fourth-order valence-electron chi connectivity index (χ4n) is 0.728. The van der Waals surface area contributed by atoms with Gasteiger partial charge in [0.05, 0.1) is 0 Å². The molecule has 0 N–H and O–H groups in total. The summed E-state index contributed by atoms with van der Waals surface area (Å²) in [6.45, 7) is 4.00. The van der Waals surface area contributed by atoms with Crippen LogP contribution in [0.2, 0.25) is 0 Å². The monoisotopic (exact) mass is 200 g/mol. The Morgan fingerprint density at radius 2 is 1.33 bits per heavy atom. The molecule has 2 heteroatoms. The molecule has 0 atom stereocenters. The zero-order valence-corrected chi connectivity index (χ0v) is 9.76. The Labute approximate surface area is 84.1 Å². The van der Waals surface area contributed by atoms with Gasteiger partial charge >= 0.3 is 0 Å². The fraction of sp³-hybridized carbons (Fsp3) is 0.400. The van der Waals surface area contributed by atoms with Gasteiger partial charge in [-0.1, -0.05) is 19.9 Å². The molecule has 68 valence electrons. The molecule has 1 rings (SSSR count). The summed E-state index contributed by atoms with van der Waals surface area (Å²) in [6, 6.07) is 8.56. The standard InChI is InChI=1S/C8H10S2.C2H6/c1-9-7-4-3-5-8(6-7)10-2;1-2/h3-6H,1-2H3;1-2H3. The largest absolute Gasteiger partial charge is 0.130 e. The Morgan fingerprint density at radius 3 is 1.67 bits per heavy atom. The van der Waals surface area contributed by atoms with Gasteiger partial charge in [0.25, 0.3) is 0 Å². The van der Waals surface area contributed by atoms with Crippen LogP contribution in [-0.4, -0.2) is 12.5 Å². The molecule has 1 aromatic rings. The molecule has 0 spiro atoms. The second kappa shape index (κ2) is 7.56. The molecule has 0 bridgehead atoms. The fourth-order valence-corrected chi connectivity index (χ4v) is 1.72. The molecular formula is C10H16S2. The van der Waals surface area contributed by atoms with Gasteiger partial charge in [0.1, 0.15) is 0 Å². The summed E-state index contributed by atoms with van der Waals surface area (Å²) in [5, 5.41) is 0. The normalized spacial score (nSPS) is 8.67. The van der Waals surface area contributed by atoms with Crippen LogP contribution in [-0.2, 0) is 0 Å². The molecule has 0 aliphatic carbocycles. The first-order valence-corrected chi connectivity index (χ1v) is 6.50. The van der Waals surface area contributed by atoms with E-state index in [1.54, 1.807) is 23.5 Å². The van der Waals surface area contributed by atoms with Gasteiger partial charge < -0.3 is 0 Å². The molecule has 0 unspecified atom stereocenters. The molecule has 0 radical (unpaired) electrons. The Kier molecular flexibility index (Phi) is 7.51. The van der Waals surface area contributed by atoms with Crippen LogP contribution in [0, 0.1) is 0 Å². The second-order valence-electron chi connectivity index (χ2n) is 1.88. The Morgan fingerprint density at radius 1 is 0.917 bits per heavy atom. The highest BCUT2D eigenvalue weighted by Crippen LogP contribution is 2.21. The first-order chi connectivity index (χ1) is 5.86. The van der Waals surface area contributed by atoms with Crippen molar-refractivity contribution in [1.82, 2.24) is 0 Å². The SMILES string of the molecule is CC.CSc1cccc(SC)c1. The minimum atomic E-state index is 1.34. The van der Waals surface area contributed by atoms with Gasteiger partial charge in [0.2, 0.25) is 0 Å². The lowest BCUT2D eigenvalue weighted by atomic mass is 10.4. The van der Waals surface area contributed by atoms with Gasteiger partial charge in [-0.3, -0.25) is 0 Å². The molecule has 0 aliphatic heterocycles. The second-order valence-corrected chi connectivity index (χ2v) is 3.64. The lowest BCUT2D eigenvalue weighted by molar-refractivity contribution is 1.34. The van der Waals surface area contributed by atoms with E-state index in [0.717, 1.165) is 0 Å². The van der Waals surface area contributed by atoms with Crippen LogP contribution in [0.15, 0.2) is 34.1 Å². The maximum Gasteiger partial charge on any atom is 0.00802 e. The van der Waals surface area contributed by atoms with E-state index in [4.69, 9.17) is 0 Å². The van der Waals surface area contributed by atoms with Crippen molar-refractivity contribution < 1.29 is 0 Å². The molecule has 1 aromatic carbocycles. The van der Waals surface area contributed by atoms with E-state index in [-0.39, 0.29) is 0 Å². The average molecular weight is 200 g/mol. The van der Waals surface area contributed by atoms with Crippen molar-refractivity contribution in [2.75, 3.05) is 12.5 Å². The van der Waals surface area contributed by atoms with E-state index in [9.17, 15) is 0 Å². The van der Waals surface area contributed by atoms with E-state index in [1.807, 2.05) is 13.8 Å². The van der Waals surface area contributed by atoms with E-state index in [0.29, 0.717) is 0 Å². The quantitative estimate of drug-likeness (QED) is 0.658. The molecule has 0 aliphatic rings. The van der Waals surface area contributed by atoms with Crippen LogP contribution in [0.4, 0.5) is 0 Å². The van der Waals surface area contributed by atoms with E-state index >= 15 is 0 Å². The van der Waals surface area contributed by atoms with Gasteiger partial charge in [-0.25, -0.2) is 0 Å². The molecule has 0 nitrogen and oxygen atoms in total. The van der Waals surface area contributed by atoms with Crippen LogP contribution in [0.5, 0.6) is 0 Å². The minimum absolute atomic E-state index is 1.34. The van der Waals surface area contributed by atoms with Crippen molar-refractivity contribution in [2.24, 2.45) is 0 Å². The molecular weight excluding hydrogens is 184 g/mol. The summed E-state index contributed by atoms with van der Waals surface area (Å²) in [4.78, 5) is 2.68. The maximum atomic E-state index is 2.20. The molecule has 0 saturated carbocycles. The van der Waals surface area contributed by atoms with Crippen molar-refractivity contribution in [1.29, 1.82) is 0 Å². The first kappa shape index (κ1) is 11.9. The summed E-state index contributed by atoms with van der Waals surface area (Å²) < 4.78 is 0. The van der Waals surface area contributed by atoms with Gasteiger partial charge in [0.15, 0.2) is 0 Å². The summed E-state index contributed by atoms with van der Waals surface area (Å²) in [6.07, 6.45) is 4.19. The van der Waals surface area contributed by atoms with Crippen LogP contribution >= 0.6 is 23.5 Å². The molecule has 0 fully saturated rings. The predicted octanol–water partition coefficient (Wildman–Crippen LogP) is 4.16. The Hall–Kier alpha value is -0.0800. The zero-order valence-electron chi connectivity index (χ0n) is 8.13. The van der Waals surface area contributed by atoms with Crippen LogP contribution in [0.25, 0.3) is 0 Å². The summed E-state index contributed by atoms with van der Waals surface area (Å²) in [5.74, 6) is 0. The van der Waals surface area contributed by atoms with Crippen molar-refractivity contribution in [3.05, 3.63) is 24.3 Å². The van der Waals surface area contributed by atoms with Gasteiger partial charge in [-0.05, 0) is 30.7 Å². The van der Waals surface area contributed by atoms with Gasteiger partial charge in [-0.15, -0.1) is 23.5 Å². The van der Waals surface area contributed by atoms with Crippen LogP contribution < -0.4 is 0 Å². The number of hydrogen-bond donors (Lipinski definition) is 0. The van der Waals surface area contributed by atoms with Gasteiger partial charge in [0, 0.05) is 9.79 Å². The van der Waals surface area contributed by atoms with Crippen LogP contribution in [0.1, 0.15) is 13.8 Å². The summed E-state index contributed by atoms with van der Waals surface area (Å²) in [5.41, 5.74) is 0. The van der Waals surface area contributed by atoms with E-state index in [1.165, 1.54) is 9.79 Å². The maximum absolute atomic E-state index is 2.20. The lowest BCUT2D eigenvalue weighted by Gasteiger charge is -1.97. The van der Waals surface area contributed by atoms with Crippen molar-refractivity contribution in [3.63, 3.8) is 0 Å². The highest BCUT2D eigenvalue weighted by Gasteiger charge is 1.90. The zero-order chi connectivity index (χ0) is 9.40. The number of rotatable bonds is 2. The van der Waals surface area contributed by atoms with Crippen LogP contribution in [0.3, 0.4) is 0 Å². The third kappa shape index (κ3) is 4.07. The van der Waals surface area contributed by atoms with E-state index < -0.39 is 0 Å². The van der Waals surface area contributed by atoms with Gasteiger partial charge in [-0.2, -0.15) is 0 Å². The van der Waals surface area contributed by atoms with Crippen molar-refractivity contribution in [3.8, 4) is 0 Å². The number of benzene rings is 1. The highest BCUT2D eigenvalue weighted by atomic mass is 32.2.